The summed E-state index contributed by atoms with van der Waals surface area (Å²) in [6, 6.07) is 0. The Morgan fingerprint density at radius 3 is 1.16 bits per heavy atom. The molecule has 1 aliphatic carbocycles. The molecule has 11 N–H and O–H groups in total. The highest BCUT2D eigenvalue weighted by Crippen LogP contribution is 2.51. The molecule has 0 heterocycles. The highest BCUT2D eigenvalue weighted by atomic mass is 31.2. The Hall–Kier alpha value is -1.41. The van der Waals surface area contributed by atoms with Gasteiger partial charge in [-0.15, -0.1) is 0 Å². The average Bonchev–Trinajstić information content (AvgIpc) is 3.25. The van der Waals surface area contributed by atoms with Crippen molar-refractivity contribution in [2.45, 2.75) is 236 Å². The lowest BCUT2D eigenvalue weighted by atomic mass is 9.85. The third kappa shape index (κ3) is 34.8. The van der Waals surface area contributed by atoms with Crippen LogP contribution < -0.4 is 6.15 Å². The van der Waals surface area contributed by atoms with Crippen LogP contribution in [0, 0.1) is 0 Å². The number of aliphatic hydroxyl groups is 3. The number of allylic oxidation sites excluding steroid dienone is 4. The Balaban J connectivity index is 0.0000449. The second kappa shape index (κ2) is 39.2. The normalized spacial score (nSPS) is 21.4. The van der Waals surface area contributed by atoms with Crippen molar-refractivity contribution in [1.29, 1.82) is 0 Å². The second-order valence-electron chi connectivity index (χ2n) is 17.4. The highest BCUT2D eigenvalue weighted by Gasteiger charge is 2.56. The monoisotopic (exact) mass is 1040 g/mol. The first-order valence-corrected chi connectivity index (χ1v) is 29.2. The number of carbonyl (C=O) groups excluding carboxylic acids is 2. The summed E-state index contributed by atoms with van der Waals surface area (Å²) in [6.45, 7) is 2.90. The summed E-state index contributed by atoms with van der Waals surface area (Å²) in [5.41, 5.74) is 0. The zero-order valence-electron chi connectivity index (χ0n) is 40.7. The molecule has 1 saturated carbocycles. The first-order chi connectivity index (χ1) is 31.8. The maximum absolute atomic E-state index is 13.1. The van der Waals surface area contributed by atoms with Crippen molar-refractivity contribution in [3.8, 4) is 0 Å². The number of ether oxygens (including phenoxy) is 2. The molecule has 23 heteroatoms. The fraction of sp³-hybridized carbons (Fsp3) is 0.867. The van der Waals surface area contributed by atoms with Crippen LogP contribution in [0.1, 0.15) is 194 Å². The predicted molar refractivity (Wildman–Crippen MR) is 257 cm³/mol. The van der Waals surface area contributed by atoms with Crippen LogP contribution in [0.3, 0.4) is 0 Å². The van der Waals surface area contributed by atoms with Crippen LogP contribution in [0.4, 0.5) is 0 Å². The van der Waals surface area contributed by atoms with Gasteiger partial charge in [0.25, 0.3) is 0 Å². The summed E-state index contributed by atoms with van der Waals surface area (Å²) in [5.74, 6) is -1.33. The smallest absolute Gasteiger partial charge is 0.462 e. The van der Waals surface area contributed by atoms with Gasteiger partial charge >= 0.3 is 35.4 Å². The Morgan fingerprint density at radius 2 is 0.794 bits per heavy atom. The standard InChI is InChI=1S/C45H85O19P3.H3N/c1-3-5-7-9-11-13-15-17-19-21-23-25-27-29-31-33-38(46)59-35-37(61-39(47)34-32-30-28-26-24-22-20-18-16-14-12-10-8-6-4-2)36-60-67(57,58)64-45-41(49)43(62-65(51,52)53)40(48)44(42(45)50)63-66(54,55)56;/h17-20,37,40-45,48-50H,3-16,21-36H2,1-2H3,(H,57,58)(H2,51,52,53)(H2,54,55,56);1H3/b19-17+,20-18+;. The third-order valence-electron chi connectivity index (χ3n) is 11.2. The van der Waals surface area contributed by atoms with E-state index in [1.165, 1.54) is 77.0 Å². The number of aliphatic hydroxyl groups excluding tert-OH is 3. The number of esters is 2. The second-order valence-corrected chi connectivity index (χ2v) is 21.2. The van der Waals surface area contributed by atoms with Crippen molar-refractivity contribution in [2.75, 3.05) is 13.2 Å². The predicted octanol–water partition coefficient (Wildman–Crippen LogP) is 9.23. The van der Waals surface area contributed by atoms with E-state index in [1.807, 2.05) is 0 Å². The molecule has 0 aromatic carbocycles. The average molecular weight is 1040 g/mol. The summed E-state index contributed by atoms with van der Waals surface area (Å²) in [5, 5.41) is 31.9. The quantitative estimate of drug-likeness (QED) is 0.0119. The van der Waals surface area contributed by atoms with E-state index in [2.05, 4.69) is 47.2 Å². The topological polar surface area (TPSA) is 338 Å². The molecule has 0 aromatic heterocycles. The van der Waals surface area contributed by atoms with Gasteiger partial charge in [0, 0.05) is 12.8 Å². The van der Waals surface area contributed by atoms with Crippen LogP contribution in [-0.2, 0) is 50.9 Å². The number of unbranched alkanes of at least 4 members (excludes halogenated alkanes) is 22. The molecule has 0 saturated heterocycles. The van der Waals surface area contributed by atoms with E-state index in [-0.39, 0.29) is 19.0 Å². The molecule has 20 nitrogen and oxygen atoms in total. The number of rotatable bonds is 42. The van der Waals surface area contributed by atoms with Crippen molar-refractivity contribution < 1.29 is 90.6 Å². The van der Waals surface area contributed by atoms with E-state index in [4.69, 9.17) is 18.5 Å². The van der Waals surface area contributed by atoms with E-state index < -0.39 is 91.3 Å². The summed E-state index contributed by atoms with van der Waals surface area (Å²) in [6.07, 6.45) is 20.4. The van der Waals surface area contributed by atoms with Gasteiger partial charge in [-0.1, -0.05) is 141 Å². The van der Waals surface area contributed by atoms with Crippen molar-refractivity contribution >= 4 is 35.4 Å². The maximum atomic E-state index is 13.1. The Bertz CT molecular complexity index is 1470. The SMILES string of the molecule is CCCCCCCC/C=C/CCCCCCCC(=O)OCC(COP(=O)(O)OC1C(O)C(OP(=O)(O)O)C(O)C(OP(=O)(O)O)C1O)OC(=O)CCCCCCC/C=C/CCCCCCCC.N. The molecule has 1 fully saturated rings. The van der Waals surface area contributed by atoms with Crippen LogP contribution in [0.2, 0.25) is 0 Å². The molecule has 6 unspecified atom stereocenters. The van der Waals surface area contributed by atoms with Gasteiger partial charge in [0.05, 0.1) is 6.61 Å². The van der Waals surface area contributed by atoms with Gasteiger partial charge in [0.15, 0.2) is 6.10 Å². The zero-order chi connectivity index (χ0) is 50.0. The van der Waals surface area contributed by atoms with Gasteiger partial charge in [-0.3, -0.25) is 27.7 Å². The number of hydrogen-bond donors (Lipinski definition) is 9. The largest absolute Gasteiger partial charge is 0.472 e. The van der Waals surface area contributed by atoms with Crippen LogP contribution in [0.15, 0.2) is 24.3 Å². The minimum absolute atomic E-state index is 0. The number of phosphoric ester groups is 3. The van der Waals surface area contributed by atoms with Gasteiger partial charge in [0.2, 0.25) is 0 Å². The number of carbonyl (C=O) groups is 2. The Morgan fingerprint density at radius 1 is 0.471 bits per heavy atom. The summed E-state index contributed by atoms with van der Waals surface area (Å²) in [7, 11) is -16.6. The van der Waals surface area contributed by atoms with E-state index in [1.54, 1.807) is 0 Å². The zero-order valence-corrected chi connectivity index (χ0v) is 43.4. The summed E-state index contributed by atoms with van der Waals surface area (Å²) in [4.78, 5) is 73.3. The van der Waals surface area contributed by atoms with E-state index >= 15 is 0 Å². The van der Waals surface area contributed by atoms with Gasteiger partial charge in [-0.05, 0) is 64.2 Å². The van der Waals surface area contributed by atoms with Gasteiger partial charge in [-0.2, -0.15) is 0 Å². The fourth-order valence-corrected chi connectivity index (χ4v) is 9.62. The lowest BCUT2D eigenvalue weighted by Crippen LogP contribution is -2.65. The van der Waals surface area contributed by atoms with Crippen LogP contribution in [0.5, 0.6) is 0 Å². The van der Waals surface area contributed by atoms with Crippen LogP contribution in [0.25, 0.3) is 0 Å². The molecule has 0 amide bonds. The fourth-order valence-electron chi connectivity index (χ4n) is 7.52. The number of hydrogen-bond acceptors (Lipinski definition) is 15. The van der Waals surface area contributed by atoms with E-state index in [0.717, 1.165) is 77.0 Å². The van der Waals surface area contributed by atoms with Gasteiger partial charge < -0.3 is 55.4 Å². The maximum Gasteiger partial charge on any atom is 0.472 e. The Labute approximate surface area is 405 Å². The summed E-state index contributed by atoms with van der Waals surface area (Å²) < 4.78 is 65.6. The van der Waals surface area contributed by atoms with Gasteiger partial charge in [0.1, 0.15) is 43.2 Å². The molecular formula is C45H88NO19P3. The molecular weight excluding hydrogens is 951 g/mol. The minimum Gasteiger partial charge on any atom is -0.462 e. The van der Waals surface area contributed by atoms with Crippen molar-refractivity contribution in [3.05, 3.63) is 24.3 Å². The van der Waals surface area contributed by atoms with Crippen molar-refractivity contribution in [3.63, 3.8) is 0 Å². The highest BCUT2D eigenvalue weighted by molar-refractivity contribution is 7.47. The van der Waals surface area contributed by atoms with E-state index in [9.17, 15) is 63.1 Å². The first-order valence-electron chi connectivity index (χ1n) is 24.6. The molecule has 0 aliphatic heterocycles. The molecule has 0 radical (unpaired) electrons. The molecule has 0 bridgehead atoms. The van der Waals surface area contributed by atoms with Gasteiger partial charge in [-0.25, -0.2) is 13.7 Å². The third-order valence-corrected chi connectivity index (χ3v) is 13.3. The Kier molecular flexibility index (Phi) is 38.3. The van der Waals surface area contributed by atoms with Crippen LogP contribution >= 0.6 is 23.5 Å². The van der Waals surface area contributed by atoms with Crippen LogP contribution in [-0.4, -0.2) is 108 Å². The molecule has 68 heavy (non-hydrogen) atoms. The molecule has 402 valence electrons. The molecule has 0 spiro atoms. The lowest BCUT2D eigenvalue weighted by molar-refractivity contribution is -0.213. The van der Waals surface area contributed by atoms with Crippen molar-refractivity contribution in [2.24, 2.45) is 0 Å². The number of phosphoric acid groups is 3. The summed E-state index contributed by atoms with van der Waals surface area (Å²) >= 11 is 0. The molecule has 1 aliphatic rings. The molecule has 1 rings (SSSR count). The van der Waals surface area contributed by atoms with E-state index in [0.29, 0.717) is 12.8 Å². The minimum atomic E-state index is -5.55. The molecule has 0 aromatic rings. The molecule has 6 atom stereocenters. The van der Waals surface area contributed by atoms with Crippen molar-refractivity contribution in [1.82, 2.24) is 6.15 Å². The lowest BCUT2D eigenvalue weighted by Gasteiger charge is -2.44. The first kappa shape index (κ1) is 66.6.